The zero-order valence-corrected chi connectivity index (χ0v) is 20.9. The Morgan fingerprint density at radius 3 is 2.21 bits per heavy atom. The van der Waals surface area contributed by atoms with Gasteiger partial charge in [0.05, 0.1) is 6.54 Å². The van der Waals surface area contributed by atoms with Crippen LogP contribution in [0.5, 0.6) is 0 Å². The maximum absolute atomic E-state index is 12.5. The summed E-state index contributed by atoms with van der Waals surface area (Å²) in [5.74, 6) is 0.295. The quantitative estimate of drug-likeness (QED) is 0.301. The number of amides is 2. The highest BCUT2D eigenvalue weighted by atomic mass is 16.2. The van der Waals surface area contributed by atoms with Crippen LogP contribution in [-0.4, -0.2) is 78.9 Å². The van der Waals surface area contributed by atoms with Gasteiger partial charge in [-0.15, -0.1) is 0 Å². The monoisotopic (exact) mass is 457 g/mol. The van der Waals surface area contributed by atoms with Gasteiger partial charge in [0, 0.05) is 43.6 Å². The number of nitrogens with zero attached hydrogens (tertiary/aromatic N) is 3. The molecule has 0 spiro atoms. The highest BCUT2D eigenvalue weighted by Crippen LogP contribution is 2.09. The molecular formula is C26H43N5O2. The van der Waals surface area contributed by atoms with Gasteiger partial charge in [0.15, 0.2) is 0 Å². The van der Waals surface area contributed by atoms with Gasteiger partial charge in [-0.1, -0.05) is 38.2 Å². The van der Waals surface area contributed by atoms with E-state index >= 15 is 0 Å². The van der Waals surface area contributed by atoms with E-state index in [1.807, 2.05) is 17.9 Å². The highest BCUT2D eigenvalue weighted by molar-refractivity contribution is 5.78. The largest absolute Gasteiger partial charge is 0.399 e. The Balaban J connectivity index is 0.000000451. The molecule has 1 aliphatic rings. The predicted octanol–water partition coefficient (Wildman–Crippen LogP) is 3.61. The number of rotatable bonds is 11. The van der Waals surface area contributed by atoms with Crippen molar-refractivity contribution in [1.29, 1.82) is 0 Å². The standard InChI is InChI=1S/C19H35N3O.C7H8N2O/c1-5-8-9-10-18(4)21-13-15-22(16-14-21)19(23)17-20(11-6-2)12-7-3;8-6-1-3-7(4-2-6)9-5-10/h5,8-10,18H,6-7,11-17H2,1-4H3;1-5H,8H2,(H,9,10)/b8-5-,10-9-;. The van der Waals surface area contributed by atoms with Gasteiger partial charge < -0.3 is 16.0 Å². The fourth-order valence-electron chi connectivity index (χ4n) is 3.68. The van der Waals surface area contributed by atoms with E-state index < -0.39 is 0 Å². The maximum Gasteiger partial charge on any atom is 0.236 e. The Hall–Kier alpha value is -2.64. The van der Waals surface area contributed by atoms with Crippen LogP contribution in [0.2, 0.25) is 0 Å². The lowest BCUT2D eigenvalue weighted by Crippen LogP contribution is -2.53. The number of carbonyl (C=O) groups excluding carboxylic acids is 2. The first-order chi connectivity index (χ1) is 15.9. The Labute approximate surface area is 200 Å². The van der Waals surface area contributed by atoms with Crippen LogP contribution >= 0.6 is 0 Å². The van der Waals surface area contributed by atoms with Crippen molar-refractivity contribution in [3.63, 3.8) is 0 Å². The number of nitrogens with one attached hydrogen (secondary N) is 1. The summed E-state index contributed by atoms with van der Waals surface area (Å²) in [5.41, 5.74) is 6.85. The van der Waals surface area contributed by atoms with Gasteiger partial charge in [0.25, 0.3) is 0 Å². The predicted molar refractivity (Wildman–Crippen MR) is 139 cm³/mol. The third kappa shape index (κ3) is 11.7. The molecule has 0 aromatic heterocycles. The molecule has 2 rings (SSSR count). The smallest absolute Gasteiger partial charge is 0.236 e. The molecule has 2 amide bonds. The van der Waals surface area contributed by atoms with Crippen LogP contribution in [0.15, 0.2) is 48.6 Å². The number of nitrogen functional groups attached to an aromatic ring is 1. The second-order valence-corrected chi connectivity index (χ2v) is 8.23. The molecule has 7 nitrogen and oxygen atoms in total. The van der Waals surface area contributed by atoms with Gasteiger partial charge in [0.1, 0.15) is 0 Å². The molecular weight excluding hydrogens is 414 g/mol. The normalized spacial score (nSPS) is 15.5. The number of anilines is 2. The van der Waals surface area contributed by atoms with Gasteiger partial charge in [-0.25, -0.2) is 0 Å². The van der Waals surface area contributed by atoms with Crippen molar-refractivity contribution in [3.8, 4) is 0 Å². The van der Waals surface area contributed by atoms with E-state index in [1.54, 1.807) is 24.3 Å². The van der Waals surface area contributed by atoms with Crippen LogP contribution in [0.25, 0.3) is 0 Å². The molecule has 0 radical (unpaired) electrons. The molecule has 0 saturated carbocycles. The minimum Gasteiger partial charge on any atom is -0.399 e. The summed E-state index contributed by atoms with van der Waals surface area (Å²) in [7, 11) is 0. The number of hydrogen-bond acceptors (Lipinski definition) is 5. The zero-order valence-electron chi connectivity index (χ0n) is 20.9. The number of benzene rings is 1. The first kappa shape index (κ1) is 28.4. The molecule has 1 aromatic carbocycles. The third-order valence-electron chi connectivity index (χ3n) is 5.51. The maximum atomic E-state index is 12.5. The number of nitrogens with two attached hydrogens (primary N) is 1. The lowest BCUT2D eigenvalue weighted by atomic mass is 10.2. The molecule has 1 atom stereocenters. The molecule has 0 bridgehead atoms. The molecule has 7 heteroatoms. The van der Waals surface area contributed by atoms with Crippen molar-refractivity contribution in [3.05, 3.63) is 48.6 Å². The molecule has 1 aromatic rings. The Bertz CT molecular complexity index is 719. The summed E-state index contributed by atoms with van der Waals surface area (Å²) in [6.45, 7) is 14.9. The molecule has 0 aliphatic carbocycles. The molecule has 33 heavy (non-hydrogen) atoms. The highest BCUT2D eigenvalue weighted by Gasteiger charge is 2.23. The fourth-order valence-corrected chi connectivity index (χ4v) is 3.68. The lowest BCUT2D eigenvalue weighted by Gasteiger charge is -2.38. The number of piperazine rings is 1. The Morgan fingerprint density at radius 1 is 1.09 bits per heavy atom. The first-order valence-electron chi connectivity index (χ1n) is 12.0. The minimum absolute atomic E-state index is 0.295. The number of hydrogen-bond donors (Lipinski definition) is 2. The van der Waals surface area contributed by atoms with Crippen LogP contribution < -0.4 is 11.1 Å². The van der Waals surface area contributed by atoms with Crippen molar-refractivity contribution in [1.82, 2.24) is 14.7 Å². The molecule has 1 saturated heterocycles. The van der Waals surface area contributed by atoms with E-state index in [0.29, 0.717) is 30.6 Å². The van der Waals surface area contributed by atoms with Gasteiger partial charge in [-0.2, -0.15) is 0 Å². The average molecular weight is 458 g/mol. The number of allylic oxidation sites excluding steroid dienone is 3. The van der Waals surface area contributed by atoms with E-state index in [9.17, 15) is 9.59 Å². The summed E-state index contributed by atoms with van der Waals surface area (Å²) < 4.78 is 0. The summed E-state index contributed by atoms with van der Waals surface area (Å²) in [6.07, 6.45) is 11.3. The van der Waals surface area contributed by atoms with Crippen molar-refractivity contribution >= 4 is 23.7 Å². The van der Waals surface area contributed by atoms with Crippen LogP contribution in [0.1, 0.15) is 40.5 Å². The van der Waals surface area contributed by atoms with Crippen molar-refractivity contribution in [2.24, 2.45) is 0 Å². The Kier molecular flexibility index (Phi) is 14.6. The minimum atomic E-state index is 0.295. The fraction of sp³-hybridized carbons (Fsp3) is 0.538. The van der Waals surface area contributed by atoms with E-state index in [1.165, 1.54) is 0 Å². The van der Waals surface area contributed by atoms with Crippen LogP contribution in [0.4, 0.5) is 11.4 Å². The van der Waals surface area contributed by atoms with Crippen molar-refractivity contribution in [2.75, 3.05) is 56.9 Å². The average Bonchev–Trinajstić information content (AvgIpc) is 2.82. The summed E-state index contributed by atoms with van der Waals surface area (Å²) in [6, 6.07) is 7.37. The van der Waals surface area contributed by atoms with Crippen LogP contribution in [0, 0.1) is 0 Å². The van der Waals surface area contributed by atoms with E-state index in [0.717, 1.165) is 57.8 Å². The Morgan fingerprint density at radius 2 is 1.70 bits per heavy atom. The summed E-state index contributed by atoms with van der Waals surface area (Å²) in [5, 5.41) is 2.50. The zero-order chi connectivity index (χ0) is 24.5. The van der Waals surface area contributed by atoms with E-state index in [-0.39, 0.29) is 0 Å². The topological polar surface area (TPSA) is 81.9 Å². The molecule has 1 fully saturated rings. The summed E-state index contributed by atoms with van der Waals surface area (Å²) >= 11 is 0. The van der Waals surface area contributed by atoms with Gasteiger partial charge in [-0.05, 0) is 64.0 Å². The molecule has 184 valence electrons. The lowest BCUT2D eigenvalue weighted by molar-refractivity contribution is -0.134. The molecule has 1 unspecified atom stereocenters. The van der Waals surface area contributed by atoms with Crippen molar-refractivity contribution < 1.29 is 9.59 Å². The second kappa shape index (κ2) is 16.9. The van der Waals surface area contributed by atoms with Crippen LogP contribution in [0.3, 0.4) is 0 Å². The molecule has 3 N–H and O–H groups in total. The second-order valence-electron chi connectivity index (χ2n) is 8.23. The van der Waals surface area contributed by atoms with E-state index in [4.69, 9.17) is 5.73 Å². The van der Waals surface area contributed by atoms with Crippen LogP contribution in [-0.2, 0) is 9.59 Å². The summed E-state index contributed by atoms with van der Waals surface area (Å²) in [4.78, 5) is 29.2. The third-order valence-corrected chi connectivity index (χ3v) is 5.51. The van der Waals surface area contributed by atoms with Crippen molar-refractivity contribution in [2.45, 2.75) is 46.6 Å². The first-order valence-corrected chi connectivity index (χ1v) is 12.0. The van der Waals surface area contributed by atoms with E-state index in [2.05, 4.69) is 54.1 Å². The molecule has 1 aliphatic heterocycles. The van der Waals surface area contributed by atoms with Gasteiger partial charge in [0.2, 0.25) is 12.3 Å². The number of carbonyl (C=O) groups is 2. The SMILES string of the molecule is C/C=C\C=C/C(C)N1CCN(C(=O)CN(CCC)CCC)CC1.Nc1ccc(NC=O)cc1. The van der Waals surface area contributed by atoms with Gasteiger partial charge >= 0.3 is 0 Å². The van der Waals surface area contributed by atoms with Gasteiger partial charge in [-0.3, -0.25) is 19.4 Å². The molecule has 1 heterocycles.